The summed E-state index contributed by atoms with van der Waals surface area (Å²) in [7, 11) is 1.90. The predicted molar refractivity (Wildman–Crippen MR) is 74.1 cm³/mol. The molecule has 1 amide bonds. The zero-order valence-corrected chi connectivity index (χ0v) is 11.1. The highest BCUT2D eigenvalue weighted by Crippen LogP contribution is 2.17. The fourth-order valence-electron chi connectivity index (χ4n) is 2.41. The number of amides is 1. The van der Waals surface area contributed by atoms with Crippen molar-refractivity contribution in [3.8, 4) is 0 Å². The molecule has 19 heavy (non-hydrogen) atoms. The van der Waals surface area contributed by atoms with Gasteiger partial charge in [-0.25, -0.2) is 4.39 Å². The lowest BCUT2D eigenvalue weighted by Crippen LogP contribution is -2.39. The third-order valence-corrected chi connectivity index (χ3v) is 3.39. The number of benzene rings is 1. The first-order chi connectivity index (χ1) is 9.20. The summed E-state index contributed by atoms with van der Waals surface area (Å²) in [5.41, 5.74) is 0.833. The largest absolute Gasteiger partial charge is 0.335 e. The van der Waals surface area contributed by atoms with Crippen molar-refractivity contribution in [1.82, 2.24) is 10.2 Å². The average Bonchev–Trinajstić information content (AvgIpc) is 2.86. The number of halogens is 1. The summed E-state index contributed by atoms with van der Waals surface area (Å²) in [4.78, 5) is 14.0. The molecule has 0 saturated carbocycles. The van der Waals surface area contributed by atoms with Gasteiger partial charge in [0.05, 0.1) is 0 Å². The highest BCUT2D eigenvalue weighted by molar-refractivity contribution is 5.92. The summed E-state index contributed by atoms with van der Waals surface area (Å²) < 4.78 is 12.8. The number of carbonyl (C=O) groups excluding carboxylic acids is 1. The van der Waals surface area contributed by atoms with Gasteiger partial charge in [0.2, 0.25) is 5.91 Å². The van der Waals surface area contributed by atoms with Gasteiger partial charge < -0.3 is 10.2 Å². The Morgan fingerprint density at radius 1 is 1.47 bits per heavy atom. The molecule has 1 atom stereocenters. The van der Waals surface area contributed by atoms with Crippen molar-refractivity contribution >= 4 is 12.0 Å². The van der Waals surface area contributed by atoms with Crippen LogP contribution in [0.2, 0.25) is 0 Å². The van der Waals surface area contributed by atoms with Crippen molar-refractivity contribution in [2.45, 2.75) is 18.9 Å². The molecule has 0 aliphatic carbocycles. The van der Waals surface area contributed by atoms with Gasteiger partial charge in [0, 0.05) is 25.2 Å². The summed E-state index contributed by atoms with van der Waals surface area (Å²) in [6.45, 7) is 1.65. The van der Waals surface area contributed by atoms with Gasteiger partial charge in [-0.2, -0.15) is 0 Å². The van der Waals surface area contributed by atoms with Crippen LogP contribution in [0.4, 0.5) is 4.39 Å². The monoisotopic (exact) mass is 262 g/mol. The Morgan fingerprint density at radius 3 is 2.89 bits per heavy atom. The Kier molecular flexibility index (Phi) is 4.68. The molecule has 4 heteroatoms. The number of hydrogen-bond acceptors (Lipinski definition) is 2. The second-order valence-electron chi connectivity index (χ2n) is 4.77. The molecule has 1 heterocycles. The zero-order chi connectivity index (χ0) is 13.7. The zero-order valence-electron chi connectivity index (χ0n) is 11.1. The summed E-state index contributed by atoms with van der Waals surface area (Å²) in [5.74, 6) is -0.237. The van der Waals surface area contributed by atoms with Crippen LogP contribution in [0, 0.1) is 5.82 Å². The van der Waals surface area contributed by atoms with E-state index in [1.54, 1.807) is 24.3 Å². The number of likely N-dealkylation sites (N-methyl/N-ethyl adjacent to an activating group) is 1. The van der Waals surface area contributed by atoms with Gasteiger partial charge in [-0.1, -0.05) is 12.1 Å². The fourth-order valence-corrected chi connectivity index (χ4v) is 2.41. The maximum atomic E-state index is 12.8. The topological polar surface area (TPSA) is 32.3 Å². The van der Waals surface area contributed by atoms with Crippen molar-refractivity contribution in [2.75, 3.05) is 20.1 Å². The number of rotatable bonds is 4. The Labute approximate surface area is 113 Å². The summed E-state index contributed by atoms with van der Waals surface area (Å²) in [5, 5.41) is 3.11. The van der Waals surface area contributed by atoms with Gasteiger partial charge in [-0.3, -0.25) is 4.79 Å². The van der Waals surface area contributed by atoms with Crippen molar-refractivity contribution < 1.29 is 9.18 Å². The van der Waals surface area contributed by atoms with E-state index in [2.05, 4.69) is 5.32 Å². The van der Waals surface area contributed by atoms with Gasteiger partial charge >= 0.3 is 0 Å². The van der Waals surface area contributed by atoms with Crippen molar-refractivity contribution in [2.24, 2.45) is 0 Å². The molecule has 2 rings (SSSR count). The highest BCUT2D eigenvalue weighted by atomic mass is 19.1. The van der Waals surface area contributed by atoms with Crippen LogP contribution in [0.3, 0.4) is 0 Å². The third kappa shape index (κ3) is 3.64. The van der Waals surface area contributed by atoms with E-state index in [1.165, 1.54) is 12.1 Å². The molecule has 1 aliphatic heterocycles. The Morgan fingerprint density at radius 2 is 2.21 bits per heavy atom. The second kappa shape index (κ2) is 6.48. The maximum Gasteiger partial charge on any atom is 0.246 e. The normalized spacial score (nSPS) is 19.3. The maximum absolute atomic E-state index is 12.8. The van der Waals surface area contributed by atoms with Gasteiger partial charge in [0.25, 0.3) is 0 Å². The van der Waals surface area contributed by atoms with E-state index in [1.807, 2.05) is 11.9 Å². The first-order valence-electron chi connectivity index (χ1n) is 6.59. The first-order valence-corrected chi connectivity index (χ1v) is 6.59. The fraction of sp³-hybridized carbons (Fsp3) is 0.400. The van der Waals surface area contributed by atoms with Crippen LogP contribution < -0.4 is 5.32 Å². The molecule has 1 unspecified atom stereocenters. The van der Waals surface area contributed by atoms with Crippen LogP contribution in [0.15, 0.2) is 30.3 Å². The summed E-state index contributed by atoms with van der Waals surface area (Å²) >= 11 is 0. The van der Waals surface area contributed by atoms with Crippen LogP contribution >= 0.6 is 0 Å². The Balaban J connectivity index is 1.98. The number of nitrogens with zero attached hydrogens (tertiary/aromatic N) is 1. The Bertz CT molecular complexity index is 456. The van der Waals surface area contributed by atoms with Crippen molar-refractivity contribution in [3.63, 3.8) is 0 Å². The second-order valence-corrected chi connectivity index (χ2v) is 4.77. The van der Waals surface area contributed by atoms with E-state index in [4.69, 9.17) is 0 Å². The number of carbonyl (C=O) groups is 1. The minimum absolute atomic E-state index is 0.0297. The van der Waals surface area contributed by atoms with Gasteiger partial charge in [-0.05, 0) is 43.7 Å². The molecule has 0 aromatic heterocycles. The van der Waals surface area contributed by atoms with E-state index in [0.29, 0.717) is 0 Å². The molecule has 0 bridgehead atoms. The molecule has 3 nitrogen and oxygen atoms in total. The first kappa shape index (κ1) is 13.7. The number of likely N-dealkylation sites (tertiary alicyclic amines) is 1. The highest BCUT2D eigenvalue weighted by Gasteiger charge is 2.26. The van der Waals surface area contributed by atoms with Crippen LogP contribution in [0.25, 0.3) is 6.08 Å². The molecule has 1 fully saturated rings. The van der Waals surface area contributed by atoms with Crippen molar-refractivity contribution in [3.05, 3.63) is 41.7 Å². The third-order valence-electron chi connectivity index (χ3n) is 3.39. The predicted octanol–water partition coefficient (Wildman–Crippen LogP) is 2.05. The van der Waals surface area contributed by atoms with Crippen LogP contribution in [0.5, 0.6) is 0 Å². The van der Waals surface area contributed by atoms with E-state index in [0.717, 1.165) is 31.5 Å². The summed E-state index contributed by atoms with van der Waals surface area (Å²) in [6.07, 6.45) is 5.41. The molecule has 102 valence electrons. The Hall–Kier alpha value is -1.68. The standard InChI is InChI=1S/C15H19FN2O/c1-17-11-14-3-2-10-18(14)15(19)9-6-12-4-7-13(16)8-5-12/h4-9,14,17H,2-3,10-11H2,1H3/b9-6+. The molecule has 0 spiro atoms. The van der Waals surface area contributed by atoms with Crippen LogP contribution in [0.1, 0.15) is 18.4 Å². The summed E-state index contributed by atoms with van der Waals surface area (Å²) in [6, 6.07) is 6.39. The molecule has 1 aromatic carbocycles. The van der Waals surface area contributed by atoms with Crippen LogP contribution in [-0.4, -0.2) is 37.0 Å². The lowest BCUT2D eigenvalue weighted by atomic mass is 10.2. The quantitative estimate of drug-likeness (QED) is 0.842. The number of nitrogens with one attached hydrogen (secondary N) is 1. The molecule has 1 N–H and O–H groups in total. The molecule has 0 radical (unpaired) electrons. The van der Waals surface area contributed by atoms with Gasteiger partial charge in [-0.15, -0.1) is 0 Å². The van der Waals surface area contributed by atoms with E-state index in [-0.39, 0.29) is 17.8 Å². The minimum Gasteiger partial charge on any atom is -0.335 e. The average molecular weight is 262 g/mol. The van der Waals surface area contributed by atoms with Gasteiger partial charge in [0.15, 0.2) is 0 Å². The molecular weight excluding hydrogens is 243 g/mol. The molecule has 1 saturated heterocycles. The van der Waals surface area contributed by atoms with E-state index < -0.39 is 0 Å². The lowest BCUT2D eigenvalue weighted by Gasteiger charge is -2.23. The van der Waals surface area contributed by atoms with E-state index >= 15 is 0 Å². The van der Waals surface area contributed by atoms with Gasteiger partial charge in [0.1, 0.15) is 5.82 Å². The SMILES string of the molecule is CNCC1CCCN1C(=O)/C=C/c1ccc(F)cc1. The molecular formula is C15H19FN2O. The number of hydrogen-bond donors (Lipinski definition) is 1. The van der Waals surface area contributed by atoms with E-state index in [9.17, 15) is 9.18 Å². The van der Waals surface area contributed by atoms with Crippen molar-refractivity contribution in [1.29, 1.82) is 0 Å². The molecule has 1 aromatic rings. The molecule has 1 aliphatic rings. The minimum atomic E-state index is -0.267. The smallest absolute Gasteiger partial charge is 0.246 e. The van der Waals surface area contributed by atoms with Crippen LogP contribution in [-0.2, 0) is 4.79 Å². The lowest BCUT2D eigenvalue weighted by molar-refractivity contribution is -0.126.